The van der Waals surface area contributed by atoms with Gasteiger partial charge in [-0.1, -0.05) is 17.7 Å². The number of carbonyl (C=O) groups is 2. The van der Waals surface area contributed by atoms with Crippen molar-refractivity contribution in [3.05, 3.63) is 53.4 Å². The Labute approximate surface area is 216 Å². The van der Waals surface area contributed by atoms with Gasteiger partial charge in [0.05, 0.1) is 28.0 Å². The summed E-state index contributed by atoms with van der Waals surface area (Å²) in [6, 6.07) is 9.72. The van der Waals surface area contributed by atoms with Crippen molar-refractivity contribution in [3.8, 4) is 11.4 Å². The van der Waals surface area contributed by atoms with Gasteiger partial charge in [-0.05, 0) is 64.3 Å². The Hall–Kier alpha value is -3.13. The molecule has 8 nitrogen and oxygen atoms in total. The smallest absolute Gasteiger partial charge is 0.410 e. The molecule has 2 aliphatic heterocycles. The SMILES string of the molecule is CN1C(=O)C2(CCN(C(=O)OC(C)(C)C)CC2)CC1Cc1cccc(-c2cnc3ccc(Cl)cn23)n1. The molecule has 0 bridgehead atoms. The van der Waals surface area contributed by atoms with E-state index in [4.69, 9.17) is 21.3 Å². The minimum Gasteiger partial charge on any atom is -0.444 e. The summed E-state index contributed by atoms with van der Waals surface area (Å²) in [6.45, 7) is 6.66. The largest absolute Gasteiger partial charge is 0.444 e. The fraction of sp³-hybridized carbons (Fsp3) is 0.481. The molecule has 0 aromatic carbocycles. The molecule has 190 valence electrons. The van der Waals surface area contributed by atoms with Gasteiger partial charge in [0, 0.05) is 44.5 Å². The molecule has 1 atom stereocenters. The van der Waals surface area contributed by atoms with E-state index in [2.05, 4.69) is 4.98 Å². The van der Waals surface area contributed by atoms with E-state index in [1.54, 1.807) is 11.1 Å². The second kappa shape index (κ2) is 9.07. The fourth-order valence-electron chi connectivity index (χ4n) is 5.41. The number of piperidine rings is 1. The van der Waals surface area contributed by atoms with Crippen LogP contribution in [0.3, 0.4) is 0 Å². The van der Waals surface area contributed by atoms with E-state index >= 15 is 0 Å². The van der Waals surface area contributed by atoms with E-state index in [1.807, 2.05) is 73.6 Å². The lowest BCUT2D eigenvalue weighted by Crippen LogP contribution is -2.47. The Balaban J connectivity index is 1.29. The number of likely N-dealkylation sites (N-methyl/N-ethyl adjacent to an activating group) is 1. The van der Waals surface area contributed by atoms with Gasteiger partial charge in [0.25, 0.3) is 0 Å². The summed E-state index contributed by atoms with van der Waals surface area (Å²) < 4.78 is 7.46. The zero-order chi connectivity index (χ0) is 25.7. The van der Waals surface area contributed by atoms with Crippen LogP contribution >= 0.6 is 11.6 Å². The molecule has 0 N–H and O–H groups in total. The van der Waals surface area contributed by atoms with Crippen molar-refractivity contribution >= 4 is 29.2 Å². The number of likely N-dealkylation sites (tertiary alicyclic amines) is 2. The van der Waals surface area contributed by atoms with Crippen molar-refractivity contribution in [2.45, 2.75) is 58.1 Å². The highest BCUT2D eigenvalue weighted by Gasteiger charge is 2.51. The van der Waals surface area contributed by atoms with Crippen LogP contribution < -0.4 is 0 Å². The van der Waals surface area contributed by atoms with Crippen LogP contribution in [0.25, 0.3) is 17.0 Å². The van der Waals surface area contributed by atoms with Gasteiger partial charge < -0.3 is 14.5 Å². The number of hydrogen-bond donors (Lipinski definition) is 0. The molecule has 2 amide bonds. The first-order valence-corrected chi connectivity index (χ1v) is 12.8. The van der Waals surface area contributed by atoms with Gasteiger partial charge in [-0.3, -0.25) is 14.2 Å². The molecule has 9 heteroatoms. The van der Waals surface area contributed by atoms with Crippen LogP contribution in [-0.2, 0) is 16.0 Å². The third-order valence-corrected chi connectivity index (χ3v) is 7.53. The van der Waals surface area contributed by atoms with Crippen molar-refractivity contribution in [2.75, 3.05) is 20.1 Å². The van der Waals surface area contributed by atoms with Gasteiger partial charge in [0.15, 0.2) is 0 Å². The van der Waals surface area contributed by atoms with Crippen LogP contribution in [0.4, 0.5) is 4.79 Å². The van der Waals surface area contributed by atoms with Gasteiger partial charge in [-0.2, -0.15) is 0 Å². The van der Waals surface area contributed by atoms with Crippen LogP contribution in [0, 0.1) is 5.41 Å². The number of fused-ring (bicyclic) bond motifs is 1. The number of aromatic nitrogens is 3. The van der Waals surface area contributed by atoms with Gasteiger partial charge in [0.2, 0.25) is 5.91 Å². The van der Waals surface area contributed by atoms with E-state index in [9.17, 15) is 9.59 Å². The highest BCUT2D eigenvalue weighted by atomic mass is 35.5. The van der Waals surface area contributed by atoms with Crippen LogP contribution in [0.5, 0.6) is 0 Å². The number of ether oxygens (including phenoxy) is 1. The van der Waals surface area contributed by atoms with E-state index in [1.165, 1.54) is 0 Å². The molecule has 2 saturated heterocycles. The summed E-state index contributed by atoms with van der Waals surface area (Å²) >= 11 is 6.20. The van der Waals surface area contributed by atoms with Crippen molar-refractivity contribution in [1.82, 2.24) is 24.2 Å². The number of rotatable bonds is 3. The number of amides is 2. The Bertz CT molecular complexity index is 1310. The Kier molecular flexibility index (Phi) is 6.19. The molecule has 1 unspecified atom stereocenters. The summed E-state index contributed by atoms with van der Waals surface area (Å²) in [7, 11) is 1.89. The highest BCUT2D eigenvalue weighted by molar-refractivity contribution is 6.30. The molecular formula is C27H32ClN5O3. The van der Waals surface area contributed by atoms with Gasteiger partial charge >= 0.3 is 6.09 Å². The lowest BCUT2D eigenvalue weighted by Gasteiger charge is -2.38. The number of nitrogens with zero attached hydrogens (tertiary/aromatic N) is 5. The normalized spacial score (nSPS) is 19.9. The Morgan fingerprint density at radius 1 is 1.19 bits per heavy atom. The predicted octanol–water partition coefficient (Wildman–Crippen LogP) is 4.84. The van der Waals surface area contributed by atoms with Crippen LogP contribution in [-0.4, -0.2) is 67.9 Å². The average molecular weight is 510 g/mol. The van der Waals surface area contributed by atoms with Crippen LogP contribution in [0.1, 0.15) is 45.7 Å². The average Bonchev–Trinajstić information content (AvgIpc) is 3.33. The Morgan fingerprint density at radius 2 is 1.94 bits per heavy atom. The molecular weight excluding hydrogens is 478 g/mol. The van der Waals surface area contributed by atoms with Gasteiger partial charge in [-0.15, -0.1) is 0 Å². The molecule has 0 aliphatic carbocycles. The zero-order valence-electron chi connectivity index (χ0n) is 21.2. The molecule has 2 fully saturated rings. The maximum atomic E-state index is 13.4. The molecule has 5 heterocycles. The molecule has 3 aromatic rings. The number of carbonyl (C=O) groups excluding carboxylic acids is 2. The summed E-state index contributed by atoms with van der Waals surface area (Å²) in [5.41, 5.74) is 2.47. The topological polar surface area (TPSA) is 80.0 Å². The van der Waals surface area contributed by atoms with Crippen LogP contribution in [0.15, 0.2) is 42.7 Å². The van der Waals surface area contributed by atoms with E-state index < -0.39 is 11.0 Å². The monoisotopic (exact) mass is 509 g/mol. The van der Waals surface area contributed by atoms with Crippen molar-refractivity contribution in [2.24, 2.45) is 5.41 Å². The maximum absolute atomic E-state index is 13.4. The van der Waals surface area contributed by atoms with Crippen molar-refractivity contribution < 1.29 is 14.3 Å². The molecule has 1 spiro atoms. The first-order valence-electron chi connectivity index (χ1n) is 12.4. The van der Waals surface area contributed by atoms with E-state index in [-0.39, 0.29) is 18.0 Å². The predicted molar refractivity (Wildman–Crippen MR) is 138 cm³/mol. The molecule has 3 aromatic heterocycles. The third-order valence-electron chi connectivity index (χ3n) is 7.30. The lowest BCUT2D eigenvalue weighted by molar-refractivity contribution is -0.137. The van der Waals surface area contributed by atoms with Gasteiger partial charge in [-0.25, -0.2) is 9.78 Å². The summed E-state index contributed by atoms with van der Waals surface area (Å²) in [6.07, 6.45) is 6.08. The summed E-state index contributed by atoms with van der Waals surface area (Å²) in [4.78, 5) is 38.8. The zero-order valence-corrected chi connectivity index (χ0v) is 22.0. The minimum atomic E-state index is -0.530. The molecule has 5 rings (SSSR count). The number of hydrogen-bond acceptors (Lipinski definition) is 5. The summed E-state index contributed by atoms with van der Waals surface area (Å²) in [5, 5.41) is 0.631. The quantitative estimate of drug-likeness (QED) is 0.504. The number of imidazole rings is 1. The van der Waals surface area contributed by atoms with Crippen LogP contribution in [0.2, 0.25) is 5.02 Å². The first kappa shape index (κ1) is 24.6. The molecule has 36 heavy (non-hydrogen) atoms. The molecule has 2 aliphatic rings. The Morgan fingerprint density at radius 3 is 2.67 bits per heavy atom. The van der Waals surface area contributed by atoms with E-state index in [0.29, 0.717) is 37.4 Å². The summed E-state index contributed by atoms with van der Waals surface area (Å²) in [5.74, 6) is 0.170. The third kappa shape index (κ3) is 4.66. The molecule has 0 saturated carbocycles. The molecule has 0 radical (unpaired) electrons. The highest BCUT2D eigenvalue weighted by Crippen LogP contribution is 2.44. The second-order valence-corrected chi connectivity index (χ2v) is 11.4. The standard InChI is InChI=1S/C27H32ClN5O3/c1-26(2,3)36-25(35)32-12-10-27(11-13-32)15-20(31(4)24(27)34)14-19-6-5-7-21(30-19)22-16-29-23-9-8-18(28)17-33(22)23/h5-9,16-17,20H,10-15H2,1-4H3. The minimum absolute atomic E-state index is 0.0601. The van der Waals surface area contributed by atoms with Crippen molar-refractivity contribution in [3.63, 3.8) is 0 Å². The lowest BCUT2D eigenvalue weighted by atomic mass is 9.75. The maximum Gasteiger partial charge on any atom is 0.410 e. The number of pyridine rings is 2. The van der Waals surface area contributed by atoms with E-state index in [0.717, 1.165) is 29.1 Å². The second-order valence-electron chi connectivity index (χ2n) is 11.0. The van der Waals surface area contributed by atoms with Crippen molar-refractivity contribution in [1.29, 1.82) is 0 Å². The number of halogens is 1. The first-order chi connectivity index (χ1) is 17.0. The van der Waals surface area contributed by atoms with Gasteiger partial charge in [0.1, 0.15) is 11.2 Å². The fourth-order valence-corrected chi connectivity index (χ4v) is 5.57.